The average molecular weight is 525 g/mol. The molecule has 0 bridgehead atoms. The van der Waals surface area contributed by atoms with Gasteiger partial charge < -0.3 is 19.3 Å². The van der Waals surface area contributed by atoms with Crippen molar-refractivity contribution in [3.63, 3.8) is 0 Å². The maximum absolute atomic E-state index is 12.6. The van der Waals surface area contributed by atoms with Crippen LogP contribution in [0.1, 0.15) is 38.6 Å². The molecule has 190 valence electrons. The van der Waals surface area contributed by atoms with Gasteiger partial charge in [-0.15, -0.1) is 13.2 Å². The highest BCUT2D eigenvalue weighted by atomic mass is 35.5. The number of cyclic esters (lactones) is 1. The highest BCUT2D eigenvalue weighted by Crippen LogP contribution is 2.47. The third-order valence-corrected chi connectivity index (χ3v) is 6.39. The largest absolute Gasteiger partial charge is 0.573 e. The molecule has 3 aromatic rings. The highest BCUT2D eigenvalue weighted by molar-refractivity contribution is 6.32. The minimum absolute atomic E-state index is 0.0389. The Labute approximate surface area is 207 Å². The first-order chi connectivity index (χ1) is 17.0. The van der Waals surface area contributed by atoms with E-state index in [9.17, 15) is 18.0 Å². The second-order valence-electron chi connectivity index (χ2n) is 8.78. The fraction of sp³-hybridized carbons (Fsp3) is 0.409. The first-order valence-corrected chi connectivity index (χ1v) is 11.4. The molecule has 10 nitrogen and oxygen atoms in total. The number of hydrogen-bond donors (Lipinski definition) is 1. The molecule has 2 fully saturated rings. The number of nitrogens with zero attached hydrogens (tertiary/aromatic N) is 5. The van der Waals surface area contributed by atoms with Crippen LogP contribution in [0.4, 0.5) is 29.7 Å². The molecule has 1 aromatic carbocycles. The van der Waals surface area contributed by atoms with Gasteiger partial charge in [0.15, 0.2) is 0 Å². The predicted octanol–water partition coefficient (Wildman–Crippen LogP) is 5.38. The number of halogens is 4. The lowest BCUT2D eigenvalue weighted by Crippen LogP contribution is -2.47. The Bertz CT molecular complexity index is 1300. The number of hydrogen-bond acceptors (Lipinski definition) is 9. The summed E-state index contributed by atoms with van der Waals surface area (Å²) in [5.74, 6) is 0.558. The Hall–Kier alpha value is -3.61. The van der Waals surface area contributed by atoms with Crippen molar-refractivity contribution in [1.29, 1.82) is 0 Å². The molecule has 0 spiro atoms. The summed E-state index contributed by atoms with van der Waals surface area (Å²) in [7, 11) is 0. The lowest BCUT2D eigenvalue weighted by atomic mass is 9.96. The molecular weight excluding hydrogens is 505 g/mol. The fourth-order valence-electron chi connectivity index (χ4n) is 4.08. The molecule has 2 atom stereocenters. The van der Waals surface area contributed by atoms with Gasteiger partial charge >= 0.3 is 12.5 Å². The summed E-state index contributed by atoms with van der Waals surface area (Å²) in [6.45, 7) is 3.99. The van der Waals surface area contributed by atoms with Crippen LogP contribution < -0.4 is 15.0 Å². The van der Waals surface area contributed by atoms with Crippen LogP contribution in [-0.4, -0.2) is 44.7 Å². The van der Waals surface area contributed by atoms with Gasteiger partial charge in [0.1, 0.15) is 24.2 Å². The van der Waals surface area contributed by atoms with Gasteiger partial charge in [0.05, 0.1) is 10.6 Å². The summed E-state index contributed by atoms with van der Waals surface area (Å²) in [5, 5.41) is 6.65. The van der Waals surface area contributed by atoms with Crippen molar-refractivity contribution in [3.05, 3.63) is 41.4 Å². The Balaban J connectivity index is 1.33. The molecule has 3 heterocycles. The number of carbonyl (C=O) groups is 1. The standard InChI is InChI=1S/C22H20ClF3N6O4/c1-11(18-30-17(31-36-18)12-3-6-14(23)15(9-12)35-22(24,25)26)28-19-27-8-7-16(29-19)32-20(33)34-10-21(32,2)13-4-5-13/h3,6-9,11,13H,4-5,10H2,1-2H3,(H,27,28,29)/t11-,21+/m0/s1. The number of alkyl halides is 3. The van der Waals surface area contributed by atoms with Crippen LogP contribution in [0, 0.1) is 5.92 Å². The zero-order valence-electron chi connectivity index (χ0n) is 19.0. The van der Waals surface area contributed by atoms with Crippen molar-refractivity contribution in [2.75, 3.05) is 16.8 Å². The summed E-state index contributed by atoms with van der Waals surface area (Å²) in [4.78, 5) is 26.9. The van der Waals surface area contributed by atoms with E-state index >= 15 is 0 Å². The molecule has 1 aliphatic carbocycles. The van der Waals surface area contributed by atoms with E-state index in [1.54, 1.807) is 17.9 Å². The van der Waals surface area contributed by atoms with Crippen LogP contribution in [-0.2, 0) is 4.74 Å². The summed E-state index contributed by atoms with van der Waals surface area (Å²) in [5.41, 5.74) is -0.255. The molecule has 5 rings (SSSR count). The number of nitrogens with one attached hydrogen (secondary N) is 1. The molecule has 2 aliphatic rings. The normalized spacial score (nSPS) is 20.8. The first-order valence-electron chi connectivity index (χ1n) is 11.0. The minimum atomic E-state index is -4.90. The van der Waals surface area contributed by atoms with Crippen LogP contribution in [0.5, 0.6) is 5.75 Å². The number of ether oxygens (including phenoxy) is 2. The minimum Gasteiger partial charge on any atom is -0.447 e. The van der Waals surface area contributed by atoms with Crippen molar-refractivity contribution in [1.82, 2.24) is 20.1 Å². The van der Waals surface area contributed by atoms with Crippen LogP contribution in [0.3, 0.4) is 0 Å². The van der Waals surface area contributed by atoms with Crippen molar-refractivity contribution in [2.24, 2.45) is 5.92 Å². The lowest BCUT2D eigenvalue weighted by Gasteiger charge is -2.31. The monoisotopic (exact) mass is 524 g/mol. The zero-order chi connectivity index (χ0) is 25.7. The van der Waals surface area contributed by atoms with Crippen LogP contribution in [0.25, 0.3) is 11.4 Å². The fourth-order valence-corrected chi connectivity index (χ4v) is 4.23. The van der Waals surface area contributed by atoms with Crippen molar-refractivity contribution >= 4 is 29.5 Å². The maximum Gasteiger partial charge on any atom is 0.573 e. The first kappa shape index (κ1) is 24.1. The Morgan fingerprint density at radius 3 is 2.78 bits per heavy atom. The average Bonchev–Trinajstić information content (AvgIpc) is 3.48. The van der Waals surface area contributed by atoms with Crippen molar-refractivity contribution in [3.8, 4) is 17.1 Å². The molecule has 2 aromatic heterocycles. The second-order valence-corrected chi connectivity index (χ2v) is 9.18. The molecule has 1 N–H and O–H groups in total. The smallest absolute Gasteiger partial charge is 0.447 e. The van der Waals surface area contributed by atoms with Gasteiger partial charge in [-0.1, -0.05) is 16.8 Å². The number of amides is 1. The highest BCUT2D eigenvalue weighted by Gasteiger charge is 2.54. The quantitative estimate of drug-likeness (QED) is 0.435. The van der Waals surface area contributed by atoms with Gasteiger partial charge in [-0.25, -0.2) is 9.78 Å². The van der Waals surface area contributed by atoms with E-state index in [4.69, 9.17) is 20.9 Å². The number of rotatable bonds is 7. The van der Waals surface area contributed by atoms with Gasteiger partial charge in [0, 0.05) is 11.8 Å². The number of benzene rings is 1. The summed E-state index contributed by atoms with van der Waals surface area (Å²) in [6, 6.07) is 4.82. The van der Waals surface area contributed by atoms with E-state index in [-0.39, 0.29) is 28.2 Å². The van der Waals surface area contributed by atoms with Gasteiger partial charge in [0.25, 0.3) is 0 Å². The van der Waals surface area contributed by atoms with Crippen molar-refractivity contribution < 1.29 is 32.0 Å². The molecule has 36 heavy (non-hydrogen) atoms. The molecule has 1 aliphatic heterocycles. The predicted molar refractivity (Wildman–Crippen MR) is 120 cm³/mol. The van der Waals surface area contributed by atoms with Gasteiger partial charge in [-0.05, 0) is 56.9 Å². The summed E-state index contributed by atoms with van der Waals surface area (Å²) < 4.78 is 52.4. The number of aromatic nitrogens is 4. The van der Waals surface area contributed by atoms with E-state index < -0.39 is 29.8 Å². The topological polar surface area (TPSA) is 116 Å². The Kier molecular flexibility index (Phi) is 5.89. The van der Waals surface area contributed by atoms with E-state index in [0.29, 0.717) is 18.3 Å². The van der Waals surface area contributed by atoms with E-state index in [1.807, 2.05) is 6.92 Å². The Morgan fingerprint density at radius 1 is 1.28 bits per heavy atom. The van der Waals surface area contributed by atoms with E-state index in [2.05, 4.69) is 30.2 Å². The molecule has 1 saturated carbocycles. The van der Waals surface area contributed by atoms with E-state index in [1.165, 1.54) is 18.3 Å². The molecule has 1 amide bonds. The third-order valence-electron chi connectivity index (χ3n) is 6.08. The Morgan fingerprint density at radius 2 is 2.06 bits per heavy atom. The van der Waals surface area contributed by atoms with Gasteiger partial charge in [0.2, 0.25) is 17.7 Å². The van der Waals surface area contributed by atoms with Gasteiger partial charge in [-0.2, -0.15) is 9.97 Å². The zero-order valence-corrected chi connectivity index (χ0v) is 19.8. The number of anilines is 2. The van der Waals surface area contributed by atoms with E-state index in [0.717, 1.165) is 18.9 Å². The molecule has 0 radical (unpaired) electrons. The number of carbonyl (C=O) groups excluding carboxylic acids is 1. The lowest BCUT2D eigenvalue weighted by molar-refractivity contribution is -0.274. The summed E-state index contributed by atoms with van der Waals surface area (Å²) in [6.07, 6.45) is -1.80. The molecule has 0 unspecified atom stereocenters. The summed E-state index contributed by atoms with van der Waals surface area (Å²) >= 11 is 5.80. The van der Waals surface area contributed by atoms with Crippen LogP contribution in [0.15, 0.2) is 35.0 Å². The maximum atomic E-state index is 12.6. The van der Waals surface area contributed by atoms with Crippen molar-refractivity contribution in [2.45, 2.75) is 44.6 Å². The second kappa shape index (κ2) is 8.80. The molecule has 1 saturated heterocycles. The third kappa shape index (κ3) is 4.74. The van der Waals surface area contributed by atoms with Crippen LogP contribution >= 0.6 is 11.6 Å². The van der Waals surface area contributed by atoms with Gasteiger partial charge in [-0.3, -0.25) is 4.90 Å². The van der Waals surface area contributed by atoms with Crippen LogP contribution in [0.2, 0.25) is 5.02 Å². The SMILES string of the molecule is C[C@H](Nc1nccc(N2C(=O)OC[C@]2(C)C2CC2)n1)c1nc(-c2ccc(Cl)c(OC(F)(F)F)c2)no1. The molecular formula is C22H20ClF3N6O4. The molecule has 14 heteroatoms.